The molecular weight excluding hydrogens is 424 g/mol. The summed E-state index contributed by atoms with van der Waals surface area (Å²) in [4.78, 5) is 19.6. The molecular formula is C24H34N4O3S. The van der Waals surface area contributed by atoms with Crippen LogP contribution in [0.2, 0.25) is 0 Å². The zero-order valence-corrected chi connectivity index (χ0v) is 19.7. The van der Waals surface area contributed by atoms with Crippen LogP contribution in [-0.2, 0) is 20.1 Å². The Bertz CT molecular complexity index is 923. The Kier molecular flexibility index (Phi) is 8.13. The molecule has 4 rings (SSSR count). The van der Waals surface area contributed by atoms with E-state index in [1.165, 1.54) is 0 Å². The number of pyridine rings is 1. The normalized spacial score (nSPS) is 18.7. The Morgan fingerprint density at radius 2 is 1.59 bits per heavy atom. The number of aromatic nitrogens is 1. The average Bonchev–Trinajstić information content (AvgIpc) is 2.82. The van der Waals surface area contributed by atoms with Crippen molar-refractivity contribution in [3.8, 4) is 11.5 Å². The second kappa shape index (κ2) is 11.2. The first-order valence-electron chi connectivity index (χ1n) is 11.4. The first-order valence-corrected chi connectivity index (χ1v) is 12.6. The van der Waals surface area contributed by atoms with Crippen molar-refractivity contribution in [2.45, 2.75) is 13.1 Å². The summed E-state index contributed by atoms with van der Waals surface area (Å²) >= 11 is 1.98. The molecule has 1 aromatic carbocycles. The standard InChI is InChI=1S/C24H34N4O3S/c1-25-20(18-28-12-15-32-16-13-28)17-23(29)24(30)22(25)19-27-9-7-26(8-10-27)11-14-31-21-5-3-2-4-6-21/h2-6,17,30H,7-16,18-19H2,1H3. The Morgan fingerprint density at radius 1 is 0.938 bits per heavy atom. The Hall–Kier alpha value is -2.00. The van der Waals surface area contributed by atoms with Gasteiger partial charge >= 0.3 is 0 Å². The largest absolute Gasteiger partial charge is 0.503 e. The van der Waals surface area contributed by atoms with Crippen molar-refractivity contribution in [3.63, 3.8) is 0 Å². The van der Waals surface area contributed by atoms with Gasteiger partial charge in [0.25, 0.3) is 0 Å². The highest BCUT2D eigenvalue weighted by molar-refractivity contribution is 7.99. The molecule has 1 N–H and O–H groups in total. The lowest BCUT2D eigenvalue weighted by molar-refractivity contribution is 0.110. The molecule has 0 unspecified atom stereocenters. The Balaban J connectivity index is 1.30. The Morgan fingerprint density at radius 3 is 2.31 bits per heavy atom. The third-order valence-electron chi connectivity index (χ3n) is 6.39. The predicted octanol–water partition coefficient (Wildman–Crippen LogP) is 1.84. The minimum Gasteiger partial charge on any atom is -0.503 e. The lowest BCUT2D eigenvalue weighted by Crippen LogP contribution is -2.47. The number of hydrogen-bond acceptors (Lipinski definition) is 7. The van der Waals surface area contributed by atoms with Gasteiger partial charge in [-0.05, 0) is 12.1 Å². The molecule has 7 nitrogen and oxygen atoms in total. The van der Waals surface area contributed by atoms with Crippen LogP contribution in [0.1, 0.15) is 11.4 Å². The number of thioether (sulfide) groups is 1. The molecule has 0 bridgehead atoms. The van der Waals surface area contributed by atoms with Gasteiger partial charge in [0.05, 0.1) is 5.69 Å². The van der Waals surface area contributed by atoms with E-state index in [0.717, 1.165) is 81.0 Å². The summed E-state index contributed by atoms with van der Waals surface area (Å²) in [6.07, 6.45) is 0. The van der Waals surface area contributed by atoms with Gasteiger partial charge in [0.15, 0.2) is 5.75 Å². The van der Waals surface area contributed by atoms with Crippen molar-refractivity contribution in [2.75, 3.05) is 63.9 Å². The number of para-hydroxylation sites is 1. The quantitative estimate of drug-likeness (QED) is 0.648. The molecule has 8 heteroatoms. The van der Waals surface area contributed by atoms with Gasteiger partial charge in [-0.2, -0.15) is 11.8 Å². The van der Waals surface area contributed by atoms with E-state index in [0.29, 0.717) is 13.2 Å². The third-order valence-corrected chi connectivity index (χ3v) is 7.33. The van der Waals surface area contributed by atoms with Gasteiger partial charge in [-0.3, -0.25) is 19.5 Å². The SMILES string of the molecule is Cn1c(CN2CCSCC2)cc(=O)c(O)c1CN1CCN(CCOc2ccccc2)CC1. The first-order chi connectivity index (χ1) is 15.6. The summed E-state index contributed by atoms with van der Waals surface area (Å²) < 4.78 is 7.85. The highest BCUT2D eigenvalue weighted by Gasteiger charge is 2.21. The van der Waals surface area contributed by atoms with Gasteiger partial charge in [-0.15, -0.1) is 0 Å². The molecule has 2 aromatic rings. The minimum atomic E-state index is -0.267. The maximum absolute atomic E-state index is 12.5. The molecule has 2 aliphatic heterocycles. The van der Waals surface area contributed by atoms with Gasteiger partial charge in [-0.1, -0.05) is 18.2 Å². The van der Waals surface area contributed by atoms with Gasteiger partial charge in [0.2, 0.25) is 5.43 Å². The molecule has 3 heterocycles. The summed E-state index contributed by atoms with van der Waals surface area (Å²) in [5.74, 6) is 3.08. The molecule has 2 fully saturated rings. The fraction of sp³-hybridized carbons (Fsp3) is 0.542. The van der Waals surface area contributed by atoms with E-state index in [2.05, 4.69) is 14.7 Å². The summed E-state index contributed by atoms with van der Waals surface area (Å²) in [5, 5.41) is 10.5. The van der Waals surface area contributed by atoms with Gasteiger partial charge in [-0.25, -0.2) is 0 Å². The van der Waals surface area contributed by atoms with E-state index in [1.54, 1.807) is 6.07 Å². The molecule has 1 aromatic heterocycles. The Labute approximate surface area is 194 Å². The number of hydrogen-bond donors (Lipinski definition) is 1. The maximum Gasteiger partial charge on any atom is 0.223 e. The fourth-order valence-electron chi connectivity index (χ4n) is 4.30. The number of aromatic hydroxyl groups is 1. The van der Waals surface area contributed by atoms with Crippen molar-refractivity contribution in [1.29, 1.82) is 0 Å². The van der Waals surface area contributed by atoms with Gasteiger partial charge in [0.1, 0.15) is 12.4 Å². The lowest BCUT2D eigenvalue weighted by Gasteiger charge is -2.35. The minimum absolute atomic E-state index is 0.107. The number of piperazine rings is 1. The van der Waals surface area contributed by atoms with E-state index in [9.17, 15) is 9.90 Å². The average molecular weight is 459 g/mol. The van der Waals surface area contributed by atoms with Crippen LogP contribution in [0.15, 0.2) is 41.2 Å². The highest BCUT2D eigenvalue weighted by atomic mass is 32.2. The summed E-state index contributed by atoms with van der Waals surface area (Å²) in [7, 11) is 1.97. The van der Waals surface area contributed by atoms with E-state index in [1.807, 2.05) is 53.7 Å². The van der Waals surface area contributed by atoms with Crippen LogP contribution in [0.3, 0.4) is 0 Å². The molecule has 0 aliphatic carbocycles. The van der Waals surface area contributed by atoms with Crippen LogP contribution >= 0.6 is 11.8 Å². The fourth-order valence-corrected chi connectivity index (χ4v) is 5.28. The van der Waals surface area contributed by atoms with Crippen LogP contribution in [0.25, 0.3) is 0 Å². The van der Waals surface area contributed by atoms with E-state index in [4.69, 9.17) is 4.74 Å². The molecule has 0 saturated carbocycles. The third kappa shape index (κ3) is 6.07. The molecule has 0 spiro atoms. The molecule has 174 valence electrons. The van der Waals surface area contributed by atoms with Crippen LogP contribution < -0.4 is 10.2 Å². The van der Waals surface area contributed by atoms with Crippen molar-refractivity contribution in [3.05, 3.63) is 58.0 Å². The van der Waals surface area contributed by atoms with E-state index < -0.39 is 0 Å². The highest BCUT2D eigenvalue weighted by Crippen LogP contribution is 2.19. The topological polar surface area (TPSA) is 61.2 Å². The predicted molar refractivity (Wildman–Crippen MR) is 130 cm³/mol. The second-order valence-corrected chi connectivity index (χ2v) is 9.75. The van der Waals surface area contributed by atoms with Crippen LogP contribution in [-0.4, -0.2) is 88.3 Å². The molecule has 0 radical (unpaired) electrons. The zero-order chi connectivity index (χ0) is 22.3. The number of nitrogens with zero attached hydrogens (tertiary/aromatic N) is 4. The van der Waals surface area contributed by atoms with E-state index >= 15 is 0 Å². The second-order valence-electron chi connectivity index (χ2n) is 8.52. The number of rotatable bonds is 8. The zero-order valence-electron chi connectivity index (χ0n) is 18.9. The molecule has 0 atom stereocenters. The first kappa shape index (κ1) is 23.2. The van der Waals surface area contributed by atoms with Gasteiger partial charge < -0.3 is 14.4 Å². The van der Waals surface area contributed by atoms with Gasteiger partial charge in [0, 0.05) is 89.2 Å². The monoisotopic (exact) mass is 458 g/mol. The lowest BCUT2D eigenvalue weighted by atomic mass is 10.2. The van der Waals surface area contributed by atoms with Crippen molar-refractivity contribution in [2.24, 2.45) is 7.05 Å². The van der Waals surface area contributed by atoms with Crippen molar-refractivity contribution >= 4 is 11.8 Å². The van der Waals surface area contributed by atoms with Crippen LogP contribution in [0.4, 0.5) is 0 Å². The molecule has 32 heavy (non-hydrogen) atoms. The molecule has 0 amide bonds. The molecule has 2 saturated heterocycles. The van der Waals surface area contributed by atoms with Crippen LogP contribution in [0.5, 0.6) is 11.5 Å². The summed E-state index contributed by atoms with van der Waals surface area (Å²) in [6.45, 7) is 8.75. The molecule has 2 aliphatic rings. The summed E-state index contributed by atoms with van der Waals surface area (Å²) in [6, 6.07) is 11.5. The maximum atomic E-state index is 12.5. The van der Waals surface area contributed by atoms with E-state index in [-0.39, 0.29) is 11.2 Å². The van der Waals surface area contributed by atoms with Crippen molar-refractivity contribution in [1.82, 2.24) is 19.3 Å². The summed E-state index contributed by atoms with van der Waals surface area (Å²) in [5.41, 5.74) is 1.43. The number of ether oxygens (including phenoxy) is 1. The number of benzene rings is 1. The smallest absolute Gasteiger partial charge is 0.223 e. The van der Waals surface area contributed by atoms with Crippen molar-refractivity contribution < 1.29 is 9.84 Å². The van der Waals surface area contributed by atoms with Crippen LogP contribution in [0, 0.1) is 0 Å².